The summed E-state index contributed by atoms with van der Waals surface area (Å²) >= 11 is 0. The van der Waals surface area contributed by atoms with E-state index in [-0.39, 0.29) is 0 Å². The van der Waals surface area contributed by atoms with Gasteiger partial charge in [0.2, 0.25) is 0 Å². The minimum absolute atomic E-state index is 0.355. The van der Waals surface area contributed by atoms with Gasteiger partial charge in [-0.1, -0.05) is 11.8 Å². The molecular weight excluding hydrogens is 390 g/mol. The van der Waals surface area contributed by atoms with Gasteiger partial charge in [0.1, 0.15) is 0 Å². The summed E-state index contributed by atoms with van der Waals surface area (Å²) in [6, 6.07) is 4.90. The molecule has 1 aromatic rings. The summed E-state index contributed by atoms with van der Waals surface area (Å²) < 4.78 is 5.39. The number of carbonyl (C=O) groups is 1. The van der Waals surface area contributed by atoms with Crippen LogP contribution in [-0.4, -0.2) is 86.4 Å². The Labute approximate surface area is 187 Å². The molecule has 31 heavy (non-hydrogen) atoms. The van der Waals surface area contributed by atoms with E-state index >= 15 is 0 Å². The maximum atomic E-state index is 12.0. The Hall–Kier alpha value is -2.07. The lowest BCUT2D eigenvalue weighted by molar-refractivity contribution is 0.0443. The van der Waals surface area contributed by atoms with E-state index < -0.39 is 5.97 Å². The van der Waals surface area contributed by atoms with Crippen molar-refractivity contribution in [1.82, 2.24) is 9.80 Å². The molecule has 6 nitrogen and oxygen atoms in total. The number of benzene rings is 1. The van der Waals surface area contributed by atoms with Crippen LogP contribution in [0, 0.1) is 18.8 Å². The number of hydrogen-bond acceptors (Lipinski definition) is 5. The van der Waals surface area contributed by atoms with E-state index in [0.717, 1.165) is 62.5 Å². The highest BCUT2D eigenvalue weighted by atomic mass is 16.5. The smallest absolute Gasteiger partial charge is 0.336 e. The highest BCUT2D eigenvalue weighted by molar-refractivity contribution is 5.92. The fraction of sp³-hybridized carbons (Fsp3) is 0.640. The van der Waals surface area contributed by atoms with Crippen LogP contribution in [0.5, 0.6) is 0 Å². The fourth-order valence-corrected chi connectivity index (χ4v) is 4.82. The standard InChI is InChI=1S/C25H37N3O3/c1-5-28(22-10-8-21(9-11-22)26(3)4)24-18-20(17-23(19(24)2)25(29)30)7-6-12-27-13-15-31-16-14-27/h17-18,21-22H,5,8-16H2,1-4H3,(H,29,30)/t21-,22-. The van der Waals surface area contributed by atoms with Crippen molar-refractivity contribution in [1.29, 1.82) is 0 Å². The van der Waals surface area contributed by atoms with E-state index in [9.17, 15) is 9.90 Å². The van der Waals surface area contributed by atoms with Crippen LogP contribution in [0.15, 0.2) is 12.1 Å². The van der Waals surface area contributed by atoms with Crippen molar-refractivity contribution in [2.75, 3.05) is 58.4 Å². The summed E-state index contributed by atoms with van der Waals surface area (Å²) in [7, 11) is 4.32. The molecule has 170 valence electrons. The van der Waals surface area contributed by atoms with Gasteiger partial charge in [-0.3, -0.25) is 4.90 Å². The van der Waals surface area contributed by atoms with E-state index in [1.165, 1.54) is 12.8 Å². The Morgan fingerprint density at radius 2 is 1.81 bits per heavy atom. The normalized spacial score (nSPS) is 22.1. The zero-order valence-corrected chi connectivity index (χ0v) is 19.5. The van der Waals surface area contributed by atoms with Gasteiger partial charge in [-0.15, -0.1) is 0 Å². The molecule has 2 fully saturated rings. The number of nitrogens with zero attached hydrogens (tertiary/aromatic N) is 3. The Morgan fingerprint density at radius 1 is 1.16 bits per heavy atom. The molecule has 0 radical (unpaired) electrons. The molecule has 0 spiro atoms. The fourth-order valence-electron chi connectivity index (χ4n) is 4.82. The first-order valence-electron chi connectivity index (χ1n) is 11.5. The third kappa shape index (κ3) is 6.00. The number of anilines is 1. The van der Waals surface area contributed by atoms with Crippen LogP contribution in [0.3, 0.4) is 0 Å². The van der Waals surface area contributed by atoms with Crippen LogP contribution in [0.4, 0.5) is 5.69 Å². The number of aromatic carboxylic acids is 1. The van der Waals surface area contributed by atoms with E-state index in [4.69, 9.17) is 4.74 Å². The van der Waals surface area contributed by atoms with Crippen LogP contribution >= 0.6 is 0 Å². The molecule has 0 bridgehead atoms. The summed E-state index contributed by atoms with van der Waals surface area (Å²) in [5.74, 6) is 5.59. The SMILES string of the molecule is CCN(c1cc(C#CCN2CCOCC2)cc(C(=O)O)c1C)[C@H]1CC[C@H](N(C)C)CC1. The number of morpholine rings is 1. The van der Waals surface area contributed by atoms with Gasteiger partial charge in [-0.25, -0.2) is 4.79 Å². The lowest BCUT2D eigenvalue weighted by Crippen LogP contribution is -2.42. The molecular formula is C25H37N3O3. The molecule has 0 aromatic heterocycles. The average Bonchev–Trinajstić information content (AvgIpc) is 2.77. The maximum absolute atomic E-state index is 12.0. The van der Waals surface area contributed by atoms with Crippen molar-refractivity contribution in [2.45, 2.75) is 51.6 Å². The molecule has 1 saturated heterocycles. The van der Waals surface area contributed by atoms with Crippen LogP contribution in [-0.2, 0) is 4.74 Å². The van der Waals surface area contributed by atoms with E-state index in [1.54, 1.807) is 6.07 Å². The van der Waals surface area contributed by atoms with Gasteiger partial charge in [0.05, 0.1) is 25.3 Å². The molecule has 1 aliphatic carbocycles. The van der Waals surface area contributed by atoms with Crippen molar-refractivity contribution in [3.63, 3.8) is 0 Å². The number of rotatable bonds is 6. The molecule has 1 heterocycles. The van der Waals surface area contributed by atoms with Gasteiger partial charge in [0, 0.05) is 43.0 Å². The average molecular weight is 428 g/mol. The van der Waals surface area contributed by atoms with Crippen molar-refractivity contribution < 1.29 is 14.6 Å². The van der Waals surface area contributed by atoms with E-state index in [0.29, 0.717) is 24.2 Å². The van der Waals surface area contributed by atoms with Crippen LogP contribution in [0.2, 0.25) is 0 Å². The summed E-state index contributed by atoms with van der Waals surface area (Å²) in [4.78, 5) is 19.0. The molecule has 0 amide bonds. The number of carboxylic acids is 1. The topological polar surface area (TPSA) is 56.3 Å². The molecule has 1 N–H and O–H groups in total. The predicted molar refractivity (Wildman–Crippen MR) is 125 cm³/mol. The molecule has 0 atom stereocenters. The first kappa shape index (κ1) is 23.6. The second-order valence-corrected chi connectivity index (χ2v) is 8.88. The minimum Gasteiger partial charge on any atom is -0.478 e. The first-order valence-corrected chi connectivity index (χ1v) is 11.5. The largest absolute Gasteiger partial charge is 0.478 e. The number of ether oxygens (including phenoxy) is 1. The Morgan fingerprint density at radius 3 is 2.39 bits per heavy atom. The zero-order chi connectivity index (χ0) is 22.4. The summed E-state index contributed by atoms with van der Waals surface area (Å²) in [6.45, 7) is 8.93. The zero-order valence-electron chi connectivity index (χ0n) is 19.5. The molecule has 0 unspecified atom stereocenters. The molecule has 1 saturated carbocycles. The second-order valence-electron chi connectivity index (χ2n) is 8.88. The highest BCUT2D eigenvalue weighted by Crippen LogP contribution is 2.32. The second kappa shape index (κ2) is 11.0. The lowest BCUT2D eigenvalue weighted by atomic mass is 9.88. The Bertz CT molecular complexity index is 813. The van der Waals surface area contributed by atoms with Gasteiger partial charge in [0.15, 0.2) is 0 Å². The van der Waals surface area contributed by atoms with Gasteiger partial charge < -0.3 is 19.6 Å². The monoisotopic (exact) mass is 427 g/mol. The van der Waals surface area contributed by atoms with Crippen LogP contribution in [0.1, 0.15) is 54.1 Å². The third-order valence-electron chi connectivity index (χ3n) is 6.74. The summed E-state index contributed by atoms with van der Waals surface area (Å²) in [5, 5.41) is 9.81. The quantitative estimate of drug-likeness (QED) is 0.704. The van der Waals surface area contributed by atoms with Gasteiger partial charge >= 0.3 is 5.97 Å². The Balaban J connectivity index is 1.83. The summed E-state index contributed by atoms with van der Waals surface area (Å²) in [6.07, 6.45) is 4.62. The number of carboxylic acid groups (broad SMARTS) is 1. The van der Waals surface area contributed by atoms with Crippen LogP contribution in [0.25, 0.3) is 0 Å². The lowest BCUT2D eigenvalue weighted by Gasteiger charge is -2.40. The molecule has 1 aliphatic heterocycles. The van der Waals surface area contributed by atoms with Gasteiger partial charge in [0.25, 0.3) is 0 Å². The number of hydrogen-bond donors (Lipinski definition) is 1. The van der Waals surface area contributed by atoms with Gasteiger partial charge in [-0.05, 0) is 71.3 Å². The van der Waals surface area contributed by atoms with Crippen molar-refractivity contribution in [3.05, 3.63) is 28.8 Å². The van der Waals surface area contributed by atoms with Crippen molar-refractivity contribution >= 4 is 11.7 Å². The molecule has 3 rings (SSSR count). The van der Waals surface area contributed by atoms with Crippen molar-refractivity contribution in [3.8, 4) is 11.8 Å². The van der Waals surface area contributed by atoms with E-state index in [2.05, 4.69) is 53.6 Å². The first-order chi connectivity index (χ1) is 14.9. The maximum Gasteiger partial charge on any atom is 0.336 e. The predicted octanol–water partition coefficient (Wildman–Crippen LogP) is 3.08. The molecule has 1 aromatic carbocycles. The van der Waals surface area contributed by atoms with E-state index in [1.807, 2.05) is 6.92 Å². The highest BCUT2D eigenvalue weighted by Gasteiger charge is 2.28. The molecule has 2 aliphatic rings. The Kier molecular flexibility index (Phi) is 8.36. The molecule has 6 heteroatoms. The van der Waals surface area contributed by atoms with Crippen LogP contribution < -0.4 is 4.90 Å². The summed E-state index contributed by atoms with van der Waals surface area (Å²) in [5.41, 5.74) is 2.99. The minimum atomic E-state index is -0.886. The van der Waals surface area contributed by atoms with Gasteiger partial charge in [-0.2, -0.15) is 0 Å². The van der Waals surface area contributed by atoms with Crippen molar-refractivity contribution in [2.24, 2.45) is 0 Å². The third-order valence-corrected chi connectivity index (χ3v) is 6.74.